The molecule has 0 unspecified atom stereocenters. The minimum atomic E-state index is -0.180. The first-order valence-electron chi connectivity index (χ1n) is 10.8. The van der Waals surface area contributed by atoms with Gasteiger partial charge in [-0.3, -0.25) is 9.69 Å². The van der Waals surface area contributed by atoms with Crippen LogP contribution in [0.25, 0.3) is 5.70 Å². The highest BCUT2D eigenvalue weighted by molar-refractivity contribution is 5.97. The zero-order chi connectivity index (χ0) is 22.8. The summed E-state index contributed by atoms with van der Waals surface area (Å²) >= 11 is 0. The number of aromatic nitrogens is 4. The Kier molecular flexibility index (Phi) is 5.44. The van der Waals surface area contributed by atoms with Crippen molar-refractivity contribution in [1.82, 2.24) is 20.2 Å². The first kappa shape index (κ1) is 20.6. The maximum atomic E-state index is 13.0. The lowest BCUT2D eigenvalue weighted by atomic mass is 9.99. The molecule has 7 heteroatoms. The zero-order valence-electron chi connectivity index (χ0n) is 18.5. The quantitative estimate of drug-likeness (QED) is 0.503. The molecule has 0 radical (unpaired) electrons. The molecule has 0 saturated heterocycles. The fraction of sp³-hybridized carbons (Fsp3) is 0.154. The molecule has 33 heavy (non-hydrogen) atoms. The number of tetrazole rings is 1. The molecule has 1 aromatic heterocycles. The van der Waals surface area contributed by atoms with Gasteiger partial charge in [0.25, 0.3) is 5.95 Å². The van der Waals surface area contributed by atoms with Crippen LogP contribution in [0.1, 0.15) is 28.3 Å². The van der Waals surface area contributed by atoms with E-state index in [1.54, 1.807) is 4.68 Å². The number of nitrogens with one attached hydrogen (secondary N) is 1. The smallest absolute Gasteiger partial charge is 0.251 e. The average molecular weight is 437 g/mol. The maximum Gasteiger partial charge on any atom is 0.251 e. The van der Waals surface area contributed by atoms with Gasteiger partial charge in [0.2, 0.25) is 5.91 Å². The summed E-state index contributed by atoms with van der Waals surface area (Å²) in [6.45, 7) is 4.20. The van der Waals surface area contributed by atoms with Gasteiger partial charge < -0.3 is 5.32 Å². The van der Waals surface area contributed by atoms with Crippen molar-refractivity contribution in [3.05, 3.63) is 107 Å². The van der Waals surface area contributed by atoms with Crippen LogP contribution in [-0.4, -0.2) is 32.7 Å². The number of aryl methyl sites for hydroxylation is 2. The molecule has 1 atom stereocenters. The molecule has 0 fully saturated rings. The highest BCUT2D eigenvalue weighted by atomic mass is 16.2. The van der Waals surface area contributed by atoms with Crippen LogP contribution < -0.4 is 10.2 Å². The molecule has 164 valence electrons. The number of anilines is 2. The summed E-state index contributed by atoms with van der Waals surface area (Å²) in [6.07, 6.45) is 2.12. The van der Waals surface area contributed by atoms with E-state index < -0.39 is 0 Å². The van der Waals surface area contributed by atoms with Crippen molar-refractivity contribution in [1.29, 1.82) is 0 Å². The molecule has 2 heterocycles. The number of allylic oxidation sites excluding steroid dienone is 1. The minimum absolute atomic E-state index is 0.0790. The van der Waals surface area contributed by atoms with Gasteiger partial charge in [-0.2, -0.15) is 4.68 Å². The van der Waals surface area contributed by atoms with Crippen molar-refractivity contribution in [3.63, 3.8) is 0 Å². The predicted molar refractivity (Wildman–Crippen MR) is 129 cm³/mol. The topological polar surface area (TPSA) is 75.9 Å². The molecule has 0 saturated carbocycles. The highest BCUT2D eigenvalue weighted by Crippen LogP contribution is 2.36. The van der Waals surface area contributed by atoms with Gasteiger partial charge in [0.15, 0.2) is 0 Å². The van der Waals surface area contributed by atoms with Gasteiger partial charge in [0, 0.05) is 5.69 Å². The third kappa shape index (κ3) is 4.25. The lowest BCUT2D eigenvalue weighted by molar-refractivity contribution is -0.114. The van der Waals surface area contributed by atoms with E-state index in [0.29, 0.717) is 5.95 Å². The van der Waals surface area contributed by atoms with Gasteiger partial charge in [0.05, 0.1) is 5.70 Å². The van der Waals surface area contributed by atoms with Crippen LogP contribution in [0.2, 0.25) is 0 Å². The molecule has 0 spiro atoms. The van der Waals surface area contributed by atoms with Crippen LogP contribution in [-0.2, 0) is 4.79 Å². The molecule has 1 amide bonds. The normalized spacial score (nSPS) is 15.0. The molecule has 5 rings (SSSR count). The number of amides is 1. The Morgan fingerprint density at radius 2 is 1.58 bits per heavy atom. The Labute approximate surface area is 192 Å². The second-order valence-electron chi connectivity index (χ2n) is 8.20. The Balaban J connectivity index is 1.55. The van der Waals surface area contributed by atoms with Crippen molar-refractivity contribution in [2.24, 2.45) is 0 Å². The summed E-state index contributed by atoms with van der Waals surface area (Å²) in [5.74, 6) is 0.379. The third-order valence-electron chi connectivity index (χ3n) is 5.71. The fourth-order valence-corrected chi connectivity index (χ4v) is 3.96. The Morgan fingerprint density at radius 3 is 2.27 bits per heavy atom. The highest BCUT2D eigenvalue weighted by Gasteiger charge is 2.31. The van der Waals surface area contributed by atoms with Gasteiger partial charge >= 0.3 is 0 Å². The number of fused-ring (bicyclic) bond motifs is 1. The first-order chi connectivity index (χ1) is 16.1. The second kappa shape index (κ2) is 8.70. The number of hydrogen-bond acceptors (Lipinski definition) is 5. The van der Waals surface area contributed by atoms with Crippen LogP contribution in [0.15, 0.2) is 84.9 Å². The number of para-hydroxylation sites is 1. The van der Waals surface area contributed by atoms with Crippen LogP contribution in [0.4, 0.5) is 11.6 Å². The van der Waals surface area contributed by atoms with E-state index in [2.05, 4.69) is 89.3 Å². The molecule has 1 aliphatic heterocycles. The predicted octanol–water partition coefficient (Wildman–Crippen LogP) is 4.38. The SMILES string of the molecule is Cc1ccc(C2=C[C@H](c3ccc(C)cc3)n3nnnc3N2CC(=O)Nc2ccccc2)cc1. The minimum Gasteiger partial charge on any atom is -0.325 e. The van der Waals surface area contributed by atoms with Gasteiger partial charge in [-0.05, 0) is 53.6 Å². The van der Waals surface area contributed by atoms with Crippen LogP contribution in [0, 0.1) is 13.8 Å². The van der Waals surface area contributed by atoms with E-state index in [1.165, 1.54) is 11.1 Å². The molecule has 4 aromatic rings. The van der Waals surface area contributed by atoms with Crippen molar-refractivity contribution >= 4 is 23.2 Å². The van der Waals surface area contributed by atoms with Crippen molar-refractivity contribution in [2.75, 3.05) is 16.8 Å². The summed E-state index contributed by atoms with van der Waals surface area (Å²) in [5.41, 5.74) is 6.08. The van der Waals surface area contributed by atoms with Gasteiger partial charge in [0.1, 0.15) is 12.6 Å². The van der Waals surface area contributed by atoms with E-state index in [9.17, 15) is 4.79 Å². The monoisotopic (exact) mass is 436 g/mol. The summed E-state index contributed by atoms with van der Waals surface area (Å²) in [6, 6.07) is 25.8. The zero-order valence-corrected chi connectivity index (χ0v) is 18.5. The third-order valence-corrected chi connectivity index (χ3v) is 5.71. The van der Waals surface area contributed by atoms with Crippen LogP contribution >= 0.6 is 0 Å². The van der Waals surface area contributed by atoms with E-state index in [1.807, 2.05) is 35.2 Å². The lowest BCUT2D eigenvalue weighted by Gasteiger charge is -2.32. The molecule has 1 N–H and O–H groups in total. The Hall–Kier alpha value is -4.26. The summed E-state index contributed by atoms with van der Waals surface area (Å²) in [5, 5.41) is 15.4. The van der Waals surface area contributed by atoms with Crippen molar-refractivity contribution in [3.8, 4) is 0 Å². The van der Waals surface area contributed by atoms with Crippen LogP contribution in [0.3, 0.4) is 0 Å². The molecule has 1 aliphatic rings. The van der Waals surface area contributed by atoms with Gasteiger partial charge in [-0.1, -0.05) is 83.0 Å². The lowest BCUT2D eigenvalue weighted by Crippen LogP contribution is -2.37. The summed E-state index contributed by atoms with van der Waals surface area (Å²) < 4.78 is 1.76. The summed E-state index contributed by atoms with van der Waals surface area (Å²) in [4.78, 5) is 14.8. The van der Waals surface area contributed by atoms with E-state index in [4.69, 9.17) is 0 Å². The number of hydrogen-bond donors (Lipinski definition) is 1. The first-order valence-corrected chi connectivity index (χ1v) is 10.8. The number of nitrogens with zero attached hydrogens (tertiary/aromatic N) is 5. The largest absolute Gasteiger partial charge is 0.325 e. The number of carbonyl (C=O) groups excluding carboxylic acids is 1. The van der Waals surface area contributed by atoms with Crippen molar-refractivity contribution < 1.29 is 4.79 Å². The molecule has 3 aromatic carbocycles. The Morgan fingerprint density at radius 1 is 0.909 bits per heavy atom. The van der Waals surface area contributed by atoms with E-state index >= 15 is 0 Å². The van der Waals surface area contributed by atoms with Crippen molar-refractivity contribution in [2.45, 2.75) is 19.9 Å². The van der Waals surface area contributed by atoms with E-state index in [-0.39, 0.29) is 18.5 Å². The second-order valence-corrected chi connectivity index (χ2v) is 8.20. The molecule has 7 nitrogen and oxygen atoms in total. The van der Waals surface area contributed by atoms with Crippen LogP contribution in [0.5, 0.6) is 0 Å². The molecular formula is C26H24N6O. The van der Waals surface area contributed by atoms with E-state index in [0.717, 1.165) is 22.5 Å². The molecule has 0 bridgehead atoms. The number of benzene rings is 3. The molecule has 0 aliphatic carbocycles. The Bertz CT molecular complexity index is 1290. The van der Waals surface area contributed by atoms with Gasteiger partial charge in [-0.25, -0.2) is 0 Å². The number of carbonyl (C=O) groups is 1. The van der Waals surface area contributed by atoms with Gasteiger partial charge in [-0.15, -0.1) is 0 Å². The maximum absolute atomic E-state index is 13.0. The summed E-state index contributed by atoms with van der Waals surface area (Å²) in [7, 11) is 0. The fourth-order valence-electron chi connectivity index (χ4n) is 3.96. The standard InChI is InChI=1S/C26H24N6O/c1-18-8-12-20(13-9-18)23-16-24(21-14-10-19(2)11-15-21)32-26(28-29-30-32)31(23)17-25(33)27-22-6-4-3-5-7-22/h3-16,24H,17H2,1-2H3,(H,27,33)/t24-/m1/s1. The number of rotatable bonds is 5. The molecular weight excluding hydrogens is 412 g/mol. The average Bonchev–Trinajstić information content (AvgIpc) is 3.31.